The summed E-state index contributed by atoms with van der Waals surface area (Å²) in [5.74, 6) is 0. The fourth-order valence-electron chi connectivity index (χ4n) is 0.348. The van der Waals surface area contributed by atoms with Crippen LogP contribution in [0.3, 0.4) is 0 Å². The van der Waals surface area contributed by atoms with Crippen LogP contribution in [0.1, 0.15) is 0 Å². The molecule has 2 amide bonds. The first kappa shape index (κ1) is 8.33. The minimum atomic E-state index is -4.01. The molecule has 0 radical (unpaired) electrons. The van der Waals surface area contributed by atoms with E-state index in [-0.39, 0.29) is 5.06 Å². The normalized spacial score (nSPS) is 22.1. The van der Waals surface area contributed by atoms with Gasteiger partial charge in [0.05, 0.1) is 0 Å². The van der Waals surface area contributed by atoms with Crippen LogP contribution in [0.15, 0.2) is 0 Å². The SMILES string of the molecule is O=C1OC(=O)N1OS(=O)(O)=S. The van der Waals surface area contributed by atoms with Crippen LogP contribution in [0, 0.1) is 0 Å². The maximum atomic E-state index is 10.2. The van der Waals surface area contributed by atoms with Crippen molar-refractivity contribution in [3.8, 4) is 0 Å². The average molecular weight is 199 g/mol. The molecular weight excluding hydrogens is 198 g/mol. The Morgan fingerprint density at radius 2 is 2.00 bits per heavy atom. The van der Waals surface area contributed by atoms with Crippen LogP contribution in [0.2, 0.25) is 0 Å². The van der Waals surface area contributed by atoms with Gasteiger partial charge in [-0.25, -0.2) is 9.59 Å². The lowest BCUT2D eigenvalue weighted by Crippen LogP contribution is -2.50. The fourth-order valence-corrected chi connectivity index (χ4v) is 0.841. The molecule has 1 saturated heterocycles. The van der Waals surface area contributed by atoms with E-state index in [0.29, 0.717) is 0 Å². The van der Waals surface area contributed by atoms with Crippen molar-refractivity contribution in [1.82, 2.24) is 5.06 Å². The lowest BCUT2D eigenvalue weighted by Gasteiger charge is -2.22. The van der Waals surface area contributed by atoms with Gasteiger partial charge in [0.15, 0.2) is 0 Å². The highest BCUT2D eigenvalue weighted by molar-refractivity contribution is 8.27. The number of hydrogen-bond donors (Lipinski definition) is 1. The molecule has 0 aromatic carbocycles. The van der Waals surface area contributed by atoms with E-state index >= 15 is 0 Å². The average Bonchev–Trinajstić information content (AvgIpc) is 1.83. The van der Waals surface area contributed by atoms with Crippen LogP contribution in [0.4, 0.5) is 9.59 Å². The predicted molar refractivity (Wildman–Crippen MR) is 32.9 cm³/mol. The van der Waals surface area contributed by atoms with Crippen LogP contribution in [0.25, 0.3) is 0 Å². The smallest absolute Gasteiger partial charge is 0.355 e. The van der Waals surface area contributed by atoms with Gasteiger partial charge in [-0.3, -0.25) is 4.55 Å². The quantitative estimate of drug-likeness (QED) is 0.606. The van der Waals surface area contributed by atoms with Crippen molar-refractivity contribution >= 4 is 32.4 Å². The highest BCUT2D eigenvalue weighted by Gasteiger charge is 2.41. The van der Waals surface area contributed by atoms with Crippen LogP contribution in [0.5, 0.6) is 0 Å². The molecule has 0 aliphatic carbocycles. The lowest BCUT2D eigenvalue weighted by atomic mass is 10.9. The molecule has 1 fully saturated rings. The van der Waals surface area contributed by atoms with Gasteiger partial charge in [0.1, 0.15) is 0 Å². The second kappa shape index (κ2) is 2.37. The second-order valence-electron chi connectivity index (χ2n) is 1.43. The molecule has 9 heteroatoms. The van der Waals surface area contributed by atoms with E-state index in [4.69, 9.17) is 4.55 Å². The Balaban J connectivity index is 2.64. The number of rotatable bonds is 2. The van der Waals surface area contributed by atoms with Crippen molar-refractivity contribution in [2.24, 2.45) is 0 Å². The molecule has 0 bridgehead atoms. The largest absolute Gasteiger partial charge is 0.454 e. The van der Waals surface area contributed by atoms with Gasteiger partial charge in [0.25, 0.3) is 9.05 Å². The van der Waals surface area contributed by atoms with Gasteiger partial charge in [-0.05, 0) is 0 Å². The van der Waals surface area contributed by atoms with Crippen LogP contribution >= 0.6 is 0 Å². The number of carbonyl (C=O) groups excluding carboxylic acids is 2. The van der Waals surface area contributed by atoms with Gasteiger partial charge in [0, 0.05) is 11.2 Å². The molecule has 0 aromatic heterocycles. The van der Waals surface area contributed by atoms with Crippen LogP contribution in [-0.4, -0.2) is 26.0 Å². The summed E-state index contributed by atoms with van der Waals surface area (Å²) in [4.78, 5) is 20.4. The van der Waals surface area contributed by atoms with Crippen molar-refractivity contribution in [1.29, 1.82) is 0 Å². The monoisotopic (exact) mass is 199 g/mol. The first-order valence-electron chi connectivity index (χ1n) is 2.13. The molecule has 7 nitrogen and oxygen atoms in total. The zero-order valence-electron chi connectivity index (χ0n) is 4.75. The van der Waals surface area contributed by atoms with E-state index in [9.17, 15) is 13.8 Å². The lowest BCUT2D eigenvalue weighted by molar-refractivity contribution is -0.0690. The maximum absolute atomic E-state index is 10.2. The molecule has 62 valence electrons. The van der Waals surface area contributed by atoms with Crippen molar-refractivity contribution in [2.45, 2.75) is 0 Å². The highest BCUT2D eigenvalue weighted by Crippen LogP contribution is 2.12. The molecular formula is C2HNO6S2. The Morgan fingerprint density at radius 3 is 2.18 bits per heavy atom. The zero-order valence-corrected chi connectivity index (χ0v) is 6.39. The predicted octanol–water partition coefficient (Wildman–Crippen LogP) is -0.375. The van der Waals surface area contributed by atoms with Gasteiger partial charge >= 0.3 is 12.2 Å². The van der Waals surface area contributed by atoms with Crippen LogP contribution in [-0.2, 0) is 29.3 Å². The Morgan fingerprint density at radius 1 is 1.55 bits per heavy atom. The van der Waals surface area contributed by atoms with E-state index in [1.807, 2.05) is 0 Å². The third kappa shape index (κ3) is 1.83. The standard InChI is InChI=1S/C2HNO6S2/c4-1-3(2(5)8-1)9-11(6,7)10/h(H,6,7,10). The summed E-state index contributed by atoms with van der Waals surface area (Å²) in [6.07, 6.45) is -2.33. The molecule has 1 N–H and O–H groups in total. The molecule has 1 unspecified atom stereocenters. The third-order valence-corrected chi connectivity index (χ3v) is 1.20. The second-order valence-corrected chi connectivity index (χ2v) is 3.70. The summed E-state index contributed by atoms with van der Waals surface area (Å²) in [6, 6.07) is 0. The minimum Gasteiger partial charge on any atom is -0.355 e. The Bertz CT molecular complexity index is 291. The number of nitrogens with zero attached hydrogens (tertiary/aromatic N) is 1. The molecule has 1 aliphatic rings. The van der Waals surface area contributed by atoms with Crippen LogP contribution < -0.4 is 0 Å². The summed E-state index contributed by atoms with van der Waals surface area (Å²) in [5.41, 5.74) is 0. The number of ether oxygens (including phenoxy) is 1. The first-order chi connectivity index (χ1) is 4.90. The van der Waals surface area contributed by atoms with Gasteiger partial charge in [-0.2, -0.15) is 4.21 Å². The summed E-state index contributed by atoms with van der Waals surface area (Å²) in [7, 11) is -4.01. The number of imide groups is 1. The van der Waals surface area contributed by atoms with E-state index in [0.717, 1.165) is 0 Å². The number of hydrogen-bond acceptors (Lipinski definition) is 6. The zero-order chi connectivity index (χ0) is 8.65. The molecule has 11 heavy (non-hydrogen) atoms. The Kier molecular flexibility index (Phi) is 1.80. The van der Waals surface area contributed by atoms with Gasteiger partial charge in [-0.15, -0.1) is 4.28 Å². The Hall–Kier alpha value is -0.770. The molecule has 1 aliphatic heterocycles. The molecule has 0 spiro atoms. The summed E-state index contributed by atoms with van der Waals surface area (Å²) in [5, 5.41) is -0.0324. The highest BCUT2D eigenvalue weighted by atomic mass is 32.9. The maximum Gasteiger partial charge on any atom is 0.454 e. The summed E-state index contributed by atoms with van der Waals surface area (Å²) in [6.45, 7) is 0. The first-order valence-corrected chi connectivity index (χ1v) is 4.49. The van der Waals surface area contributed by atoms with Gasteiger partial charge in [0.2, 0.25) is 0 Å². The van der Waals surface area contributed by atoms with E-state index in [2.05, 4.69) is 20.2 Å². The topological polar surface area (TPSA) is 93.1 Å². The third-order valence-electron chi connectivity index (χ3n) is 0.675. The fraction of sp³-hybridized carbons (Fsp3) is 0. The van der Waals surface area contributed by atoms with E-state index < -0.39 is 21.2 Å². The molecule has 0 aromatic rings. The Labute approximate surface area is 65.5 Å². The van der Waals surface area contributed by atoms with Crippen molar-refractivity contribution in [3.63, 3.8) is 0 Å². The van der Waals surface area contributed by atoms with Crippen molar-refractivity contribution in [3.05, 3.63) is 0 Å². The molecule has 1 atom stereocenters. The van der Waals surface area contributed by atoms with Crippen molar-refractivity contribution in [2.75, 3.05) is 0 Å². The summed E-state index contributed by atoms with van der Waals surface area (Å²) >= 11 is 3.83. The van der Waals surface area contributed by atoms with E-state index in [1.165, 1.54) is 0 Å². The molecule has 1 rings (SSSR count). The number of carbonyl (C=O) groups is 2. The number of amides is 2. The minimum absolute atomic E-state index is 0.0324. The van der Waals surface area contributed by atoms with Crippen molar-refractivity contribution < 1.29 is 27.4 Å². The molecule has 1 heterocycles. The number of cyclic esters (lactones) is 2. The van der Waals surface area contributed by atoms with Gasteiger partial charge in [-0.1, -0.05) is 5.06 Å². The van der Waals surface area contributed by atoms with Gasteiger partial charge < -0.3 is 4.74 Å². The molecule has 0 saturated carbocycles. The number of hydroxylamine groups is 2. The summed E-state index contributed by atoms with van der Waals surface area (Å²) < 4.78 is 26.1. The van der Waals surface area contributed by atoms with E-state index in [1.54, 1.807) is 0 Å².